The van der Waals surface area contributed by atoms with Gasteiger partial charge in [-0.1, -0.05) is 0 Å². The summed E-state index contributed by atoms with van der Waals surface area (Å²) in [6.07, 6.45) is 3.70. The average molecular weight is 438 g/mol. The average Bonchev–Trinajstić information content (AvgIpc) is 2.21. The first kappa shape index (κ1) is 14.8. The van der Waals surface area contributed by atoms with Crippen molar-refractivity contribution in [2.45, 2.75) is 0 Å². The molecule has 0 fully saturated rings. The quantitative estimate of drug-likeness (QED) is 0.654. The van der Waals surface area contributed by atoms with E-state index in [9.17, 15) is 0 Å². The van der Waals surface area contributed by atoms with Crippen molar-refractivity contribution in [3.05, 3.63) is 48.8 Å². The molecule has 2 aromatic rings. The Morgan fingerprint density at radius 3 is 1.53 bits per heavy atom. The molecular formula is C10H10BiCl2N2. The molecule has 5 heteroatoms. The number of hydrogen-bond acceptors (Lipinski definition) is 2. The van der Waals surface area contributed by atoms with Crippen LogP contribution >= 0.6 is 24.8 Å². The van der Waals surface area contributed by atoms with Crippen molar-refractivity contribution in [2.24, 2.45) is 0 Å². The third kappa shape index (κ3) is 4.88. The van der Waals surface area contributed by atoms with Gasteiger partial charge < -0.3 is 0 Å². The number of pyridine rings is 2. The Morgan fingerprint density at radius 1 is 0.733 bits per heavy atom. The molecule has 1 radical (unpaired) electrons. The SMILES string of the molecule is Cl.Cl.c1cc[c]([Bi][c]2ccccn2)nc1. The van der Waals surface area contributed by atoms with E-state index < -0.39 is 23.2 Å². The van der Waals surface area contributed by atoms with Crippen LogP contribution in [0.1, 0.15) is 0 Å². The second-order valence-corrected chi connectivity index (χ2v) is 6.92. The van der Waals surface area contributed by atoms with Crippen molar-refractivity contribution >= 4 is 54.9 Å². The van der Waals surface area contributed by atoms with Gasteiger partial charge in [0.2, 0.25) is 0 Å². The Balaban J connectivity index is 0.000000980. The van der Waals surface area contributed by atoms with Crippen LogP contribution in [0, 0.1) is 0 Å². The molecule has 2 rings (SSSR count). The summed E-state index contributed by atoms with van der Waals surface area (Å²) < 4.78 is 2.47. The van der Waals surface area contributed by atoms with E-state index in [0.717, 1.165) is 0 Å². The number of aromatic nitrogens is 2. The molecule has 0 aliphatic heterocycles. The maximum absolute atomic E-state index is 4.31. The molecular weight excluding hydrogens is 428 g/mol. The third-order valence-corrected chi connectivity index (χ3v) is 5.37. The zero-order chi connectivity index (χ0) is 8.93. The first-order chi connectivity index (χ1) is 6.45. The molecule has 0 atom stereocenters. The van der Waals surface area contributed by atoms with E-state index in [-0.39, 0.29) is 24.8 Å². The van der Waals surface area contributed by atoms with Gasteiger partial charge in [0.05, 0.1) is 0 Å². The number of nitrogens with zero attached hydrogens (tertiary/aromatic N) is 2. The van der Waals surface area contributed by atoms with Gasteiger partial charge in [0.25, 0.3) is 0 Å². The summed E-state index contributed by atoms with van der Waals surface area (Å²) in [4.78, 5) is 8.63. The molecule has 0 N–H and O–H groups in total. The molecule has 0 spiro atoms. The molecule has 0 unspecified atom stereocenters. The van der Waals surface area contributed by atoms with Gasteiger partial charge in [0, 0.05) is 0 Å². The molecule has 79 valence electrons. The van der Waals surface area contributed by atoms with Crippen molar-refractivity contribution < 1.29 is 0 Å². The Hall–Kier alpha value is -0.237. The van der Waals surface area contributed by atoms with Crippen LogP contribution in [0.5, 0.6) is 0 Å². The van der Waals surface area contributed by atoms with Gasteiger partial charge in [-0.3, -0.25) is 0 Å². The number of halogens is 2. The van der Waals surface area contributed by atoms with E-state index in [1.807, 2.05) is 36.7 Å². The normalized spacial score (nSPS) is 8.53. The van der Waals surface area contributed by atoms with Crippen LogP contribution < -0.4 is 6.80 Å². The Bertz CT molecular complexity index is 332. The van der Waals surface area contributed by atoms with Crippen LogP contribution in [0.4, 0.5) is 0 Å². The van der Waals surface area contributed by atoms with Gasteiger partial charge in [-0.2, -0.15) is 0 Å². The molecule has 2 nitrogen and oxygen atoms in total. The number of rotatable bonds is 2. The predicted octanol–water partition coefficient (Wildman–Crippen LogP) is 0.975. The molecule has 0 amide bonds. The molecule has 15 heavy (non-hydrogen) atoms. The van der Waals surface area contributed by atoms with Gasteiger partial charge >= 0.3 is 88.8 Å². The first-order valence-electron chi connectivity index (χ1n) is 3.99. The second-order valence-electron chi connectivity index (χ2n) is 2.49. The van der Waals surface area contributed by atoms with E-state index in [0.29, 0.717) is 0 Å². The van der Waals surface area contributed by atoms with E-state index in [1.54, 1.807) is 0 Å². The van der Waals surface area contributed by atoms with Crippen molar-refractivity contribution in [3.8, 4) is 0 Å². The third-order valence-electron chi connectivity index (χ3n) is 1.53. The van der Waals surface area contributed by atoms with Crippen LogP contribution in [-0.4, -0.2) is 33.2 Å². The standard InChI is InChI=1S/2C5H4N.Bi.2ClH/c2*1-2-4-6-5-3-1;;;/h2*1-4H;;2*1H. The predicted molar refractivity (Wildman–Crippen MR) is 68.0 cm³/mol. The fourth-order valence-corrected chi connectivity index (χ4v) is 4.09. The Morgan fingerprint density at radius 2 is 1.20 bits per heavy atom. The second kappa shape index (κ2) is 7.98. The van der Waals surface area contributed by atoms with Crippen molar-refractivity contribution in [2.75, 3.05) is 0 Å². The minimum atomic E-state index is -0.835. The minimum absolute atomic E-state index is 0. The molecule has 0 bridgehead atoms. The van der Waals surface area contributed by atoms with Crippen LogP contribution in [-0.2, 0) is 0 Å². The maximum atomic E-state index is 4.31. The van der Waals surface area contributed by atoms with Crippen molar-refractivity contribution in [3.63, 3.8) is 0 Å². The fraction of sp³-hybridized carbons (Fsp3) is 0. The topological polar surface area (TPSA) is 25.8 Å². The number of hydrogen-bond donors (Lipinski definition) is 0. The van der Waals surface area contributed by atoms with E-state index in [2.05, 4.69) is 22.1 Å². The van der Waals surface area contributed by atoms with E-state index >= 15 is 0 Å². The summed E-state index contributed by atoms with van der Waals surface area (Å²) in [7, 11) is 0. The molecule has 0 aliphatic carbocycles. The summed E-state index contributed by atoms with van der Waals surface area (Å²) in [5, 5.41) is 0. The molecule has 0 aliphatic rings. The summed E-state index contributed by atoms with van der Waals surface area (Å²) in [6.45, 7) is 0. The molecule has 2 heterocycles. The summed E-state index contributed by atoms with van der Waals surface area (Å²) in [5.74, 6) is 0. The molecule has 0 saturated carbocycles. The summed E-state index contributed by atoms with van der Waals surface area (Å²) >= 11 is -0.835. The fourth-order valence-electron chi connectivity index (χ4n) is 0.957. The van der Waals surface area contributed by atoms with Gasteiger partial charge in [-0.15, -0.1) is 24.8 Å². The van der Waals surface area contributed by atoms with Crippen LogP contribution in [0.3, 0.4) is 0 Å². The van der Waals surface area contributed by atoms with Crippen LogP contribution in [0.25, 0.3) is 0 Å². The molecule has 0 aromatic carbocycles. The van der Waals surface area contributed by atoms with E-state index in [4.69, 9.17) is 0 Å². The summed E-state index contributed by atoms with van der Waals surface area (Å²) in [6, 6.07) is 12.1. The van der Waals surface area contributed by atoms with Gasteiger partial charge in [-0.05, 0) is 0 Å². The van der Waals surface area contributed by atoms with Gasteiger partial charge in [-0.25, -0.2) is 0 Å². The molecule has 0 saturated heterocycles. The Labute approximate surface area is 113 Å². The molecule has 2 aromatic heterocycles. The van der Waals surface area contributed by atoms with Crippen molar-refractivity contribution in [1.29, 1.82) is 0 Å². The summed E-state index contributed by atoms with van der Waals surface area (Å²) in [5.41, 5.74) is 0. The Kier molecular flexibility index (Phi) is 7.85. The van der Waals surface area contributed by atoms with Crippen LogP contribution in [0.2, 0.25) is 0 Å². The van der Waals surface area contributed by atoms with E-state index in [1.165, 1.54) is 6.80 Å². The first-order valence-corrected chi connectivity index (χ1v) is 7.47. The zero-order valence-electron chi connectivity index (χ0n) is 7.78. The monoisotopic (exact) mass is 437 g/mol. The van der Waals surface area contributed by atoms with Gasteiger partial charge in [0.15, 0.2) is 0 Å². The van der Waals surface area contributed by atoms with Crippen molar-refractivity contribution in [1.82, 2.24) is 9.97 Å². The zero-order valence-corrected chi connectivity index (χ0v) is 12.9. The van der Waals surface area contributed by atoms with Crippen LogP contribution in [0.15, 0.2) is 48.8 Å². The van der Waals surface area contributed by atoms with Gasteiger partial charge in [0.1, 0.15) is 0 Å².